The maximum Gasteiger partial charge on any atom is 0.237 e. The molecule has 1 unspecified atom stereocenters. The van der Waals surface area contributed by atoms with Gasteiger partial charge in [0.05, 0.1) is 25.2 Å². The number of hydrogen-bond donors (Lipinski definition) is 1. The molecule has 7 heteroatoms. The number of methoxy groups -OCH3 is 2. The molecule has 23 heavy (non-hydrogen) atoms. The molecule has 124 valence electrons. The lowest BCUT2D eigenvalue weighted by atomic mass is 10.2. The van der Waals surface area contributed by atoms with Crippen LogP contribution in [0.4, 0.5) is 5.69 Å². The zero-order valence-electron chi connectivity index (χ0n) is 13.7. The molecule has 0 radical (unpaired) electrons. The summed E-state index contributed by atoms with van der Waals surface area (Å²) in [7, 11) is 3.14. The van der Waals surface area contributed by atoms with Crippen molar-refractivity contribution < 1.29 is 14.3 Å². The maximum absolute atomic E-state index is 12.4. The number of thioether (sulfide) groups is 1. The van der Waals surface area contributed by atoms with Crippen molar-refractivity contribution in [1.82, 2.24) is 9.55 Å². The molecule has 0 fully saturated rings. The highest BCUT2D eigenvalue weighted by Gasteiger charge is 2.18. The van der Waals surface area contributed by atoms with Crippen LogP contribution in [0.5, 0.6) is 11.5 Å². The molecule has 0 saturated heterocycles. The Kier molecular flexibility index (Phi) is 5.92. The Bertz CT molecular complexity index is 672. The van der Waals surface area contributed by atoms with Crippen molar-refractivity contribution in [3.8, 4) is 11.5 Å². The highest BCUT2D eigenvalue weighted by molar-refractivity contribution is 8.00. The van der Waals surface area contributed by atoms with Gasteiger partial charge in [-0.15, -0.1) is 0 Å². The Morgan fingerprint density at radius 1 is 1.39 bits per heavy atom. The van der Waals surface area contributed by atoms with Crippen LogP contribution in [-0.2, 0) is 11.3 Å². The van der Waals surface area contributed by atoms with E-state index < -0.39 is 0 Å². The highest BCUT2D eigenvalue weighted by atomic mass is 32.2. The molecular formula is C16H21N3O3S. The van der Waals surface area contributed by atoms with E-state index in [9.17, 15) is 4.79 Å². The number of carbonyl (C=O) groups is 1. The van der Waals surface area contributed by atoms with Crippen LogP contribution in [0.15, 0.2) is 35.7 Å². The summed E-state index contributed by atoms with van der Waals surface area (Å²) in [5.74, 6) is 1.13. The van der Waals surface area contributed by atoms with Gasteiger partial charge in [-0.05, 0) is 26.0 Å². The third kappa shape index (κ3) is 4.19. The second kappa shape index (κ2) is 7.92. The lowest BCUT2D eigenvalue weighted by Gasteiger charge is -2.15. The summed E-state index contributed by atoms with van der Waals surface area (Å²) in [6.45, 7) is 4.71. The van der Waals surface area contributed by atoms with E-state index in [1.54, 1.807) is 38.6 Å². The molecule has 0 aliphatic heterocycles. The largest absolute Gasteiger partial charge is 0.497 e. The lowest BCUT2D eigenvalue weighted by Crippen LogP contribution is -2.23. The molecular weight excluding hydrogens is 314 g/mol. The van der Waals surface area contributed by atoms with E-state index in [1.165, 1.54) is 11.8 Å². The van der Waals surface area contributed by atoms with Gasteiger partial charge in [-0.2, -0.15) is 0 Å². The number of ether oxygens (including phenoxy) is 2. The van der Waals surface area contributed by atoms with Crippen molar-refractivity contribution in [2.45, 2.75) is 30.8 Å². The Labute approximate surface area is 140 Å². The first-order valence-corrected chi connectivity index (χ1v) is 8.17. The number of carbonyl (C=O) groups excluding carboxylic acids is 1. The predicted molar refractivity (Wildman–Crippen MR) is 91.4 cm³/mol. The van der Waals surface area contributed by atoms with Crippen molar-refractivity contribution in [3.63, 3.8) is 0 Å². The van der Waals surface area contributed by atoms with Crippen molar-refractivity contribution >= 4 is 23.4 Å². The van der Waals surface area contributed by atoms with Gasteiger partial charge in [0.15, 0.2) is 5.16 Å². The molecule has 6 nitrogen and oxygen atoms in total. The third-order valence-corrected chi connectivity index (χ3v) is 4.45. The standard InChI is InChI=1S/C16H21N3O3S/c1-5-19-9-8-17-16(19)23-11(2)15(20)18-13-10-12(21-3)6-7-14(13)22-4/h6-11H,5H2,1-4H3,(H,18,20). The normalized spacial score (nSPS) is 11.8. The first-order chi connectivity index (χ1) is 11.1. The average molecular weight is 335 g/mol. The zero-order valence-corrected chi connectivity index (χ0v) is 14.5. The molecule has 0 saturated carbocycles. The molecule has 1 amide bonds. The fraction of sp³-hybridized carbons (Fsp3) is 0.375. The molecule has 0 aliphatic rings. The van der Waals surface area contributed by atoms with Crippen molar-refractivity contribution in [2.24, 2.45) is 0 Å². The number of rotatable bonds is 7. The monoisotopic (exact) mass is 335 g/mol. The molecule has 0 bridgehead atoms. The lowest BCUT2D eigenvalue weighted by molar-refractivity contribution is -0.115. The van der Waals surface area contributed by atoms with Gasteiger partial charge in [-0.3, -0.25) is 4.79 Å². The molecule has 1 N–H and O–H groups in total. The number of imidazole rings is 1. The van der Waals surface area contributed by atoms with Gasteiger partial charge < -0.3 is 19.4 Å². The van der Waals surface area contributed by atoms with E-state index in [2.05, 4.69) is 10.3 Å². The topological polar surface area (TPSA) is 65.4 Å². The molecule has 0 spiro atoms. The number of aryl methyl sites for hydroxylation is 1. The number of aromatic nitrogens is 2. The van der Waals surface area contributed by atoms with Crippen LogP contribution in [-0.4, -0.2) is 34.9 Å². The molecule has 0 aliphatic carbocycles. The van der Waals surface area contributed by atoms with Crippen LogP contribution in [0, 0.1) is 0 Å². The first-order valence-electron chi connectivity index (χ1n) is 7.29. The molecule has 1 atom stereocenters. The number of benzene rings is 1. The van der Waals surface area contributed by atoms with Crippen molar-refractivity contribution in [1.29, 1.82) is 0 Å². The summed E-state index contributed by atoms with van der Waals surface area (Å²) in [6.07, 6.45) is 3.64. The average Bonchev–Trinajstić information content (AvgIpc) is 3.01. The Balaban J connectivity index is 2.09. The van der Waals surface area contributed by atoms with Crippen LogP contribution in [0.25, 0.3) is 0 Å². The minimum absolute atomic E-state index is 0.118. The van der Waals surface area contributed by atoms with E-state index in [1.807, 2.05) is 24.6 Å². The van der Waals surface area contributed by atoms with E-state index in [0.717, 1.165) is 11.7 Å². The van der Waals surface area contributed by atoms with E-state index in [0.29, 0.717) is 17.2 Å². The summed E-state index contributed by atoms with van der Waals surface area (Å²) in [5.41, 5.74) is 0.586. The van der Waals surface area contributed by atoms with Gasteiger partial charge in [0.2, 0.25) is 5.91 Å². The fourth-order valence-corrected chi connectivity index (χ4v) is 2.94. The Hall–Kier alpha value is -2.15. The van der Waals surface area contributed by atoms with Crippen LogP contribution < -0.4 is 14.8 Å². The Morgan fingerprint density at radius 2 is 2.17 bits per heavy atom. The van der Waals surface area contributed by atoms with Crippen molar-refractivity contribution in [2.75, 3.05) is 19.5 Å². The van der Waals surface area contributed by atoms with Crippen LogP contribution in [0.2, 0.25) is 0 Å². The van der Waals surface area contributed by atoms with E-state index in [4.69, 9.17) is 9.47 Å². The summed E-state index contributed by atoms with van der Waals surface area (Å²) >= 11 is 1.42. The van der Waals surface area contributed by atoms with Gasteiger partial charge in [0.25, 0.3) is 0 Å². The molecule has 2 aromatic rings. The molecule has 2 rings (SSSR count). The molecule has 1 aromatic carbocycles. The molecule has 1 aromatic heterocycles. The van der Waals surface area contributed by atoms with Gasteiger partial charge >= 0.3 is 0 Å². The fourth-order valence-electron chi connectivity index (χ4n) is 2.01. The Morgan fingerprint density at radius 3 is 2.83 bits per heavy atom. The quantitative estimate of drug-likeness (QED) is 0.788. The minimum atomic E-state index is -0.293. The second-order valence-electron chi connectivity index (χ2n) is 4.81. The number of nitrogens with one attached hydrogen (secondary N) is 1. The maximum atomic E-state index is 12.4. The zero-order chi connectivity index (χ0) is 16.8. The first kappa shape index (κ1) is 17.2. The van der Waals surface area contributed by atoms with Crippen LogP contribution in [0.3, 0.4) is 0 Å². The number of anilines is 1. The SMILES string of the molecule is CCn1ccnc1SC(C)C(=O)Nc1cc(OC)ccc1OC. The highest BCUT2D eigenvalue weighted by Crippen LogP contribution is 2.30. The summed E-state index contributed by atoms with van der Waals surface area (Å²) in [5, 5.41) is 3.42. The molecule has 1 heterocycles. The smallest absolute Gasteiger partial charge is 0.237 e. The number of hydrogen-bond acceptors (Lipinski definition) is 5. The summed E-state index contributed by atoms with van der Waals surface area (Å²) in [4.78, 5) is 16.7. The van der Waals surface area contributed by atoms with Crippen LogP contribution >= 0.6 is 11.8 Å². The predicted octanol–water partition coefficient (Wildman–Crippen LogP) is 3.04. The summed E-state index contributed by atoms with van der Waals surface area (Å²) in [6, 6.07) is 5.28. The van der Waals surface area contributed by atoms with Crippen LogP contribution in [0.1, 0.15) is 13.8 Å². The van der Waals surface area contributed by atoms with E-state index in [-0.39, 0.29) is 11.2 Å². The van der Waals surface area contributed by atoms with Crippen molar-refractivity contribution in [3.05, 3.63) is 30.6 Å². The number of amides is 1. The van der Waals surface area contributed by atoms with Gasteiger partial charge in [-0.25, -0.2) is 4.98 Å². The minimum Gasteiger partial charge on any atom is -0.497 e. The van der Waals surface area contributed by atoms with Gasteiger partial charge in [0.1, 0.15) is 11.5 Å². The van der Waals surface area contributed by atoms with Gasteiger partial charge in [-0.1, -0.05) is 11.8 Å². The van der Waals surface area contributed by atoms with E-state index >= 15 is 0 Å². The van der Waals surface area contributed by atoms with Gasteiger partial charge in [0, 0.05) is 25.0 Å². The summed E-state index contributed by atoms with van der Waals surface area (Å²) < 4.78 is 12.5. The second-order valence-corrected chi connectivity index (χ2v) is 6.12. The number of nitrogens with zero attached hydrogens (tertiary/aromatic N) is 2. The third-order valence-electron chi connectivity index (χ3n) is 3.33.